The first-order chi connectivity index (χ1) is 6.33. The molecule has 0 spiro atoms. The van der Waals surface area contributed by atoms with Crippen molar-refractivity contribution in [2.75, 3.05) is 7.11 Å². The maximum absolute atomic E-state index is 11.5. The van der Waals surface area contributed by atoms with Crippen molar-refractivity contribution in [2.45, 2.75) is 6.42 Å². The van der Waals surface area contributed by atoms with Gasteiger partial charge in [-0.3, -0.25) is 4.79 Å². The van der Waals surface area contributed by atoms with Gasteiger partial charge in [-0.15, -0.1) is 0 Å². The van der Waals surface area contributed by atoms with Gasteiger partial charge in [0.15, 0.2) is 5.75 Å². The minimum absolute atomic E-state index is 0.0599. The highest BCUT2D eigenvalue weighted by Crippen LogP contribution is 2.34. The van der Waals surface area contributed by atoms with Gasteiger partial charge in [0.2, 0.25) is 5.43 Å². The van der Waals surface area contributed by atoms with Crippen LogP contribution in [0.1, 0.15) is 12.0 Å². The molecule has 1 aromatic rings. The molecule has 0 bridgehead atoms. The Morgan fingerprint density at radius 1 is 1.31 bits per heavy atom. The fraction of sp³-hybridized carbons (Fsp3) is 0.182. The highest BCUT2D eigenvalue weighted by molar-refractivity contribution is 5.80. The monoisotopic (exact) mass is 174 g/mol. The van der Waals surface area contributed by atoms with Gasteiger partial charge >= 0.3 is 0 Å². The van der Waals surface area contributed by atoms with Gasteiger partial charge in [0.05, 0.1) is 7.11 Å². The molecular weight excluding hydrogens is 164 g/mol. The number of rotatable bonds is 2. The van der Waals surface area contributed by atoms with Crippen LogP contribution in [-0.4, -0.2) is 7.11 Å². The van der Waals surface area contributed by atoms with E-state index in [4.69, 9.17) is 4.74 Å². The topological polar surface area (TPSA) is 26.3 Å². The quantitative estimate of drug-likeness (QED) is 0.683. The molecule has 1 aromatic carbocycles. The second-order valence-corrected chi connectivity index (χ2v) is 2.96. The minimum Gasteiger partial charge on any atom is -0.492 e. The molecule has 0 heterocycles. The van der Waals surface area contributed by atoms with E-state index in [9.17, 15) is 4.79 Å². The Hall–Kier alpha value is -1.57. The highest BCUT2D eigenvalue weighted by atomic mass is 16.5. The van der Waals surface area contributed by atoms with Crippen molar-refractivity contribution in [3.63, 3.8) is 0 Å². The maximum Gasteiger partial charge on any atom is 0.220 e. The highest BCUT2D eigenvalue weighted by Gasteiger charge is 2.15. The molecule has 66 valence electrons. The fourth-order valence-electron chi connectivity index (χ4n) is 1.31. The normalized spacial score (nSPS) is 13.5. The van der Waals surface area contributed by atoms with E-state index < -0.39 is 0 Å². The summed E-state index contributed by atoms with van der Waals surface area (Å²) in [4.78, 5) is 11.5. The second kappa shape index (κ2) is 3.05. The van der Waals surface area contributed by atoms with Gasteiger partial charge in [0.1, 0.15) is 0 Å². The van der Waals surface area contributed by atoms with Crippen LogP contribution in [-0.2, 0) is 0 Å². The summed E-state index contributed by atoms with van der Waals surface area (Å²) in [5.41, 5.74) is 2.07. The van der Waals surface area contributed by atoms with Crippen molar-refractivity contribution in [1.82, 2.24) is 0 Å². The Morgan fingerprint density at radius 2 is 2.00 bits per heavy atom. The van der Waals surface area contributed by atoms with Crippen molar-refractivity contribution < 1.29 is 4.74 Å². The summed E-state index contributed by atoms with van der Waals surface area (Å²) in [5.74, 6) is 0.453. The molecule has 0 atom stereocenters. The first kappa shape index (κ1) is 8.05. The second-order valence-electron chi connectivity index (χ2n) is 2.96. The molecule has 2 rings (SSSR count). The summed E-state index contributed by atoms with van der Waals surface area (Å²) in [6, 6.07) is 7.03. The van der Waals surface area contributed by atoms with Gasteiger partial charge in [-0.25, -0.2) is 0 Å². The van der Waals surface area contributed by atoms with Crippen molar-refractivity contribution in [1.29, 1.82) is 0 Å². The molecule has 0 saturated heterocycles. The smallest absolute Gasteiger partial charge is 0.220 e. The standard InChI is InChI=1S/C11H10O2/c1-13-11-9(8-6-7-8)4-2-3-5-10(11)12/h2-6H,7H2,1H3. The van der Waals surface area contributed by atoms with Crippen LogP contribution < -0.4 is 10.2 Å². The summed E-state index contributed by atoms with van der Waals surface area (Å²) in [7, 11) is 1.53. The van der Waals surface area contributed by atoms with Crippen LogP contribution in [0.5, 0.6) is 5.75 Å². The van der Waals surface area contributed by atoms with Gasteiger partial charge in [-0.05, 0) is 18.1 Å². The Kier molecular flexibility index (Phi) is 1.89. The number of ether oxygens (including phenoxy) is 1. The SMILES string of the molecule is COc1c(C2=CC2)ccccc1=O. The number of hydrogen-bond donors (Lipinski definition) is 0. The van der Waals surface area contributed by atoms with Crippen LogP contribution in [0.3, 0.4) is 0 Å². The lowest BCUT2D eigenvalue weighted by molar-refractivity contribution is 0.410. The average Bonchev–Trinajstić information content (AvgIpc) is 2.90. The van der Waals surface area contributed by atoms with E-state index in [0.29, 0.717) is 5.75 Å². The zero-order valence-electron chi connectivity index (χ0n) is 7.41. The molecule has 2 heteroatoms. The summed E-state index contributed by atoms with van der Waals surface area (Å²) in [6.07, 6.45) is 3.05. The van der Waals surface area contributed by atoms with E-state index in [1.54, 1.807) is 6.07 Å². The third-order valence-electron chi connectivity index (χ3n) is 2.05. The Bertz CT molecular complexity index is 419. The Labute approximate surface area is 76.5 Å². The summed E-state index contributed by atoms with van der Waals surface area (Å²) in [6.45, 7) is 0. The molecule has 13 heavy (non-hydrogen) atoms. The van der Waals surface area contributed by atoms with Crippen LogP contribution in [0.4, 0.5) is 0 Å². The summed E-state index contributed by atoms with van der Waals surface area (Å²) in [5, 5.41) is 0. The van der Waals surface area contributed by atoms with Gasteiger partial charge in [-0.1, -0.05) is 24.3 Å². The average molecular weight is 174 g/mol. The van der Waals surface area contributed by atoms with Gasteiger partial charge in [-0.2, -0.15) is 0 Å². The van der Waals surface area contributed by atoms with E-state index in [-0.39, 0.29) is 5.43 Å². The number of allylic oxidation sites excluding steroid dienone is 2. The largest absolute Gasteiger partial charge is 0.492 e. The predicted octanol–water partition coefficient (Wildman–Crippen LogP) is 1.84. The van der Waals surface area contributed by atoms with Crippen LogP contribution in [0.15, 0.2) is 35.1 Å². The van der Waals surface area contributed by atoms with Crippen LogP contribution in [0.25, 0.3) is 5.57 Å². The fourth-order valence-corrected chi connectivity index (χ4v) is 1.31. The van der Waals surface area contributed by atoms with Crippen LogP contribution >= 0.6 is 0 Å². The number of methoxy groups -OCH3 is 1. The molecular formula is C11H10O2. The van der Waals surface area contributed by atoms with E-state index >= 15 is 0 Å². The third-order valence-corrected chi connectivity index (χ3v) is 2.05. The first-order valence-corrected chi connectivity index (χ1v) is 4.19. The molecule has 0 unspecified atom stereocenters. The van der Waals surface area contributed by atoms with Gasteiger partial charge in [0, 0.05) is 5.56 Å². The molecule has 0 fully saturated rings. The number of hydrogen-bond acceptors (Lipinski definition) is 2. The van der Waals surface area contributed by atoms with E-state index in [1.165, 1.54) is 18.7 Å². The predicted molar refractivity (Wildman–Crippen MR) is 51.9 cm³/mol. The molecule has 0 aromatic heterocycles. The Morgan fingerprint density at radius 3 is 2.62 bits per heavy atom. The lowest BCUT2D eigenvalue weighted by Gasteiger charge is -1.99. The zero-order valence-corrected chi connectivity index (χ0v) is 7.41. The third kappa shape index (κ3) is 1.47. The molecule has 0 N–H and O–H groups in total. The minimum atomic E-state index is -0.0599. The van der Waals surface area contributed by atoms with Gasteiger partial charge in [0.25, 0.3) is 0 Å². The van der Waals surface area contributed by atoms with E-state index in [2.05, 4.69) is 6.08 Å². The molecule has 0 radical (unpaired) electrons. The summed E-state index contributed by atoms with van der Waals surface area (Å²) >= 11 is 0. The van der Waals surface area contributed by atoms with E-state index in [0.717, 1.165) is 12.0 Å². The molecule has 1 aliphatic rings. The molecule has 0 saturated carbocycles. The maximum atomic E-state index is 11.5. The van der Waals surface area contributed by atoms with Gasteiger partial charge < -0.3 is 4.74 Å². The van der Waals surface area contributed by atoms with E-state index in [1.807, 2.05) is 12.1 Å². The lowest BCUT2D eigenvalue weighted by atomic mass is 10.2. The van der Waals surface area contributed by atoms with Crippen LogP contribution in [0, 0.1) is 0 Å². The Balaban J connectivity index is 2.67. The molecule has 1 aliphatic carbocycles. The molecule has 0 aliphatic heterocycles. The molecule has 2 nitrogen and oxygen atoms in total. The summed E-state index contributed by atoms with van der Waals surface area (Å²) < 4.78 is 5.08. The molecule has 0 amide bonds. The van der Waals surface area contributed by atoms with Crippen molar-refractivity contribution in [3.8, 4) is 5.75 Å². The van der Waals surface area contributed by atoms with Crippen LogP contribution in [0.2, 0.25) is 0 Å². The van der Waals surface area contributed by atoms with Crippen molar-refractivity contribution in [3.05, 3.63) is 46.1 Å². The zero-order chi connectivity index (χ0) is 9.26. The first-order valence-electron chi connectivity index (χ1n) is 4.19. The van der Waals surface area contributed by atoms with Crippen molar-refractivity contribution in [2.24, 2.45) is 0 Å². The van der Waals surface area contributed by atoms with Crippen molar-refractivity contribution >= 4 is 5.57 Å². The lowest BCUT2D eigenvalue weighted by Crippen LogP contribution is -2.02.